The van der Waals surface area contributed by atoms with Crippen LogP contribution in [0.4, 0.5) is 0 Å². The molecule has 18 heavy (non-hydrogen) atoms. The average Bonchev–Trinajstić information content (AvgIpc) is 2.27. The standard InChI is InChI=1S/C12H27N3O2S/c1-3-13-9-5-11-15(2)18(16,17)14-10-8-12-6-4-7-12/h12-14H,3-11H2,1-2H3. The fourth-order valence-electron chi connectivity index (χ4n) is 2.01. The molecular weight excluding hydrogens is 250 g/mol. The van der Waals surface area contributed by atoms with Crippen molar-refractivity contribution in [3.63, 3.8) is 0 Å². The number of hydrogen-bond donors (Lipinski definition) is 2. The molecule has 0 spiro atoms. The van der Waals surface area contributed by atoms with Gasteiger partial charge in [0.05, 0.1) is 0 Å². The lowest BCUT2D eigenvalue weighted by atomic mass is 9.83. The fourth-order valence-corrected chi connectivity index (χ4v) is 2.97. The van der Waals surface area contributed by atoms with Crippen molar-refractivity contribution in [1.29, 1.82) is 0 Å². The first kappa shape index (κ1) is 15.9. The largest absolute Gasteiger partial charge is 0.317 e. The molecule has 0 heterocycles. The molecule has 0 radical (unpaired) electrons. The summed E-state index contributed by atoms with van der Waals surface area (Å²) in [4.78, 5) is 0. The van der Waals surface area contributed by atoms with Crippen molar-refractivity contribution in [3.8, 4) is 0 Å². The van der Waals surface area contributed by atoms with E-state index < -0.39 is 10.2 Å². The lowest BCUT2D eigenvalue weighted by Crippen LogP contribution is -2.40. The van der Waals surface area contributed by atoms with E-state index in [-0.39, 0.29) is 0 Å². The number of hydrogen-bond acceptors (Lipinski definition) is 3. The molecule has 1 fully saturated rings. The molecule has 1 rings (SSSR count). The Labute approximate surface area is 112 Å². The first-order valence-electron chi connectivity index (χ1n) is 6.98. The lowest BCUT2D eigenvalue weighted by molar-refractivity contribution is 0.296. The third-order valence-electron chi connectivity index (χ3n) is 3.55. The van der Waals surface area contributed by atoms with Crippen LogP contribution in [0.2, 0.25) is 0 Å². The zero-order valence-corrected chi connectivity index (χ0v) is 12.4. The van der Waals surface area contributed by atoms with Gasteiger partial charge in [-0.2, -0.15) is 12.7 Å². The Bertz CT molecular complexity index is 315. The SMILES string of the molecule is CCNCCCN(C)S(=O)(=O)NCCC1CCC1. The minimum absolute atomic E-state index is 0.561. The maximum atomic E-state index is 11.9. The number of nitrogens with one attached hydrogen (secondary N) is 2. The second-order valence-electron chi connectivity index (χ2n) is 5.01. The molecule has 0 aliphatic heterocycles. The molecule has 0 unspecified atom stereocenters. The van der Waals surface area contributed by atoms with Crippen LogP contribution in [-0.2, 0) is 10.2 Å². The summed E-state index contributed by atoms with van der Waals surface area (Å²) in [6, 6.07) is 0. The van der Waals surface area contributed by atoms with Crippen LogP contribution in [0.25, 0.3) is 0 Å². The van der Waals surface area contributed by atoms with Crippen LogP contribution >= 0.6 is 0 Å². The summed E-state index contributed by atoms with van der Waals surface area (Å²) in [6.45, 7) is 4.97. The molecule has 5 nitrogen and oxygen atoms in total. The third kappa shape index (κ3) is 5.65. The summed E-state index contributed by atoms with van der Waals surface area (Å²) in [5.74, 6) is 0.742. The zero-order chi connectivity index (χ0) is 13.4. The van der Waals surface area contributed by atoms with Gasteiger partial charge in [0.25, 0.3) is 10.2 Å². The van der Waals surface area contributed by atoms with Gasteiger partial charge in [-0.1, -0.05) is 26.2 Å². The molecule has 0 amide bonds. The van der Waals surface area contributed by atoms with Gasteiger partial charge in [0, 0.05) is 20.1 Å². The topological polar surface area (TPSA) is 61.4 Å². The van der Waals surface area contributed by atoms with E-state index in [0.717, 1.165) is 31.8 Å². The summed E-state index contributed by atoms with van der Waals surface area (Å²) >= 11 is 0. The van der Waals surface area contributed by atoms with Crippen molar-refractivity contribution >= 4 is 10.2 Å². The molecule has 2 N–H and O–H groups in total. The normalized spacial score (nSPS) is 17.1. The van der Waals surface area contributed by atoms with E-state index in [1.165, 1.54) is 23.6 Å². The monoisotopic (exact) mass is 277 g/mol. The highest BCUT2D eigenvalue weighted by Crippen LogP contribution is 2.28. The first-order chi connectivity index (χ1) is 8.56. The van der Waals surface area contributed by atoms with Crippen LogP contribution in [0.1, 0.15) is 39.0 Å². The Morgan fingerprint density at radius 2 is 2.00 bits per heavy atom. The van der Waals surface area contributed by atoms with Crippen molar-refractivity contribution in [2.24, 2.45) is 5.92 Å². The Morgan fingerprint density at radius 3 is 2.56 bits per heavy atom. The van der Waals surface area contributed by atoms with E-state index in [4.69, 9.17) is 0 Å². The Morgan fingerprint density at radius 1 is 1.28 bits per heavy atom. The predicted molar refractivity (Wildman–Crippen MR) is 74.7 cm³/mol. The highest BCUT2D eigenvalue weighted by Gasteiger charge is 2.20. The number of nitrogens with zero attached hydrogens (tertiary/aromatic N) is 1. The third-order valence-corrected chi connectivity index (χ3v) is 5.12. The molecule has 1 aliphatic rings. The van der Waals surface area contributed by atoms with Crippen molar-refractivity contribution in [3.05, 3.63) is 0 Å². The van der Waals surface area contributed by atoms with E-state index >= 15 is 0 Å². The minimum atomic E-state index is -3.27. The molecule has 1 aliphatic carbocycles. The highest BCUT2D eigenvalue weighted by molar-refractivity contribution is 7.87. The van der Waals surface area contributed by atoms with Crippen molar-refractivity contribution in [1.82, 2.24) is 14.3 Å². The molecule has 0 saturated heterocycles. The Hall–Kier alpha value is -0.170. The molecule has 6 heteroatoms. The van der Waals surface area contributed by atoms with Gasteiger partial charge in [-0.15, -0.1) is 0 Å². The van der Waals surface area contributed by atoms with Gasteiger partial charge in [0.15, 0.2) is 0 Å². The summed E-state index contributed by atoms with van der Waals surface area (Å²) in [5.41, 5.74) is 0. The summed E-state index contributed by atoms with van der Waals surface area (Å²) < 4.78 is 27.8. The van der Waals surface area contributed by atoms with Crippen molar-refractivity contribution in [2.45, 2.75) is 39.0 Å². The maximum absolute atomic E-state index is 11.9. The minimum Gasteiger partial charge on any atom is -0.317 e. The van der Waals surface area contributed by atoms with Gasteiger partial charge in [0.2, 0.25) is 0 Å². The van der Waals surface area contributed by atoms with Crippen LogP contribution in [0, 0.1) is 5.92 Å². The van der Waals surface area contributed by atoms with Crippen LogP contribution in [0.3, 0.4) is 0 Å². The van der Waals surface area contributed by atoms with E-state index in [0.29, 0.717) is 13.1 Å². The van der Waals surface area contributed by atoms with E-state index in [2.05, 4.69) is 10.0 Å². The van der Waals surface area contributed by atoms with E-state index in [1.54, 1.807) is 7.05 Å². The highest BCUT2D eigenvalue weighted by atomic mass is 32.2. The lowest BCUT2D eigenvalue weighted by Gasteiger charge is -2.25. The summed E-state index contributed by atoms with van der Waals surface area (Å²) in [6.07, 6.45) is 5.65. The van der Waals surface area contributed by atoms with Crippen LogP contribution in [0.5, 0.6) is 0 Å². The summed E-state index contributed by atoms with van der Waals surface area (Å²) in [5, 5.41) is 3.19. The van der Waals surface area contributed by atoms with Gasteiger partial charge in [-0.05, 0) is 31.8 Å². The Kier molecular flexibility index (Phi) is 7.14. The average molecular weight is 277 g/mol. The smallest absolute Gasteiger partial charge is 0.279 e. The van der Waals surface area contributed by atoms with Crippen LogP contribution in [0.15, 0.2) is 0 Å². The molecule has 0 aromatic carbocycles. The predicted octanol–water partition coefficient (Wildman–Crippen LogP) is 0.942. The van der Waals surface area contributed by atoms with Gasteiger partial charge in [0.1, 0.15) is 0 Å². The van der Waals surface area contributed by atoms with Crippen molar-refractivity contribution in [2.75, 3.05) is 33.2 Å². The van der Waals surface area contributed by atoms with Gasteiger partial charge < -0.3 is 5.32 Å². The van der Waals surface area contributed by atoms with Gasteiger partial charge in [-0.25, -0.2) is 4.72 Å². The van der Waals surface area contributed by atoms with Crippen LogP contribution < -0.4 is 10.0 Å². The van der Waals surface area contributed by atoms with E-state index in [1.807, 2.05) is 6.92 Å². The maximum Gasteiger partial charge on any atom is 0.279 e. The second kappa shape index (κ2) is 8.09. The molecule has 1 saturated carbocycles. The van der Waals surface area contributed by atoms with Crippen LogP contribution in [-0.4, -0.2) is 45.9 Å². The molecule has 0 bridgehead atoms. The quantitative estimate of drug-likeness (QED) is 0.584. The first-order valence-corrected chi connectivity index (χ1v) is 8.42. The molecule has 108 valence electrons. The summed E-state index contributed by atoms with van der Waals surface area (Å²) in [7, 11) is -1.64. The van der Waals surface area contributed by atoms with Gasteiger partial charge >= 0.3 is 0 Å². The number of rotatable bonds is 10. The second-order valence-corrected chi connectivity index (χ2v) is 6.88. The van der Waals surface area contributed by atoms with Crippen molar-refractivity contribution < 1.29 is 8.42 Å². The Balaban J connectivity index is 2.14. The molecule has 0 aromatic rings. The molecular formula is C12H27N3O2S. The fraction of sp³-hybridized carbons (Fsp3) is 1.00. The van der Waals surface area contributed by atoms with Gasteiger partial charge in [-0.3, -0.25) is 0 Å². The molecule has 0 aromatic heterocycles. The molecule has 0 atom stereocenters. The van der Waals surface area contributed by atoms with E-state index in [9.17, 15) is 8.42 Å². The zero-order valence-electron chi connectivity index (χ0n) is 11.6.